The minimum absolute atomic E-state index is 0.112. The van der Waals surface area contributed by atoms with Gasteiger partial charge in [0.25, 0.3) is 0 Å². The molecule has 2 amide bonds. The minimum atomic E-state index is -4.13. The third-order valence-corrected chi connectivity index (χ3v) is 8.44. The first kappa shape index (κ1) is 36.1. The zero-order valence-corrected chi connectivity index (χ0v) is 27.2. The summed E-state index contributed by atoms with van der Waals surface area (Å²) in [5.74, 6) is -1.19. The van der Waals surface area contributed by atoms with Crippen LogP contribution in [0.4, 0.5) is 11.4 Å². The molecule has 238 valence electrons. The molecule has 0 aromatic heterocycles. The summed E-state index contributed by atoms with van der Waals surface area (Å²) in [5, 5.41) is 5.72. The number of carbonyl (C=O) groups is 3. The minimum Gasteiger partial charge on any atom is -0.371 e. The van der Waals surface area contributed by atoms with E-state index < -0.39 is 13.4 Å². The Balaban J connectivity index is 2.40. The Kier molecular flexibility index (Phi) is 15.0. The number of ketones is 1. The van der Waals surface area contributed by atoms with Crippen LogP contribution in [0.15, 0.2) is 52.8 Å². The van der Waals surface area contributed by atoms with Gasteiger partial charge in [-0.05, 0) is 62.9 Å². The second kappa shape index (κ2) is 17.9. The van der Waals surface area contributed by atoms with Gasteiger partial charge in [-0.1, -0.05) is 53.4 Å². The van der Waals surface area contributed by atoms with Crippen molar-refractivity contribution in [1.82, 2.24) is 10.6 Å². The second-order valence-electron chi connectivity index (χ2n) is 10.9. The highest BCUT2D eigenvalue weighted by Gasteiger charge is 2.26. The molecule has 0 fully saturated rings. The van der Waals surface area contributed by atoms with Crippen molar-refractivity contribution in [1.29, 1.82) is 0 Å². The van der Waals surface area contributed by atoms with E-state index in [1.54, 1.807) is 12.1 Å². The smallest absolute Gasteiger partial charge is 0.327 e. The average Bonchev–Trinajstić information content (AvgIpc) is 2.96. The van der Waals surface area contributed by atoms with Gasteiger partial charge in [-0.25, -0.2) is 4.99 Å². The molecule has 2 rings (SSSR count). The summed E-state index contributed by atoms with van der Waals surface area (Å²) in [6.07, 6.45) is 9.20. The predicted molar refractivity (Wildman–Crippen MR) is 172 cm³/mol. The normalized spacial score (nSPS) is 15.9. The van der Waals surface area contributed by atoms with E-state index in [-0.39, 0.29) is 47.8 Å². The molecule has 1 aliphatic carbocycles. The fourth-order valence-corrected chi connectivity index (χ4v) is 5.37. The zero-order chi connectivity index (χ0) is 32.0. The molecule has 2 atom stereocenters. The van der Waals surface area contributed by atoms with Crippen LogP contribution >= 0.6 is 7.60 Å². The number of nitrogens with one attached hydrogen (secondary N) is 2. The molecule has 1 aromatic carbocycles. The van der Waals surface area contributed by atoms with Gasteiger partial charge in [0.15, 0.2) is 0 Å². The number of anilines is 1. The molecule has 1 aliphatic rings. The molecule has 0 aliphatic heterocycles. The molecule has 0 bridgehead atoms. The van der Waals surface area contributed by atoms with Gasteiger partial charge in [-0.2, -0.15) is 0 Å². The Morgan fingerprint density at radius 1 is 0.860 bits per heavy atom. The molecular weight excluding hydrogens is 567 g/mol. The SMILES string of the molecule is CCCCC(CC)C(=O)NC1=CC(=Nc2ccc(N(CC)CCP(=O)(O)O)cc2)C(NC(=O)C(CC)CCCC)=CC1=O. The summed E-state index contributed by atoms with van der Waals surface area (Å²) in [4.78, 5) is 64.4. The maximum absolute atomic E-state index is 13.2. The molecule has 0 saturated heterocycles. The third kappa shape index (κ3) is 11.9. The number of benzene rings is 1. The number of allylic oxidation sites excluding steroid dienone is 2. The summed E-state index contributed by atoms with van der Waals surface area (Å²) in [5.41, 5.74) is 2.07. The Morgan fingerprint density at radius 2 is 1.40 bits per heavy atom. The van der Waals surface area contributed by atoms with Crippen LogP contribution in [-0.2, 0) is 18.9 Å². The Bertz CT molecular complexity index is 1230. The number of amides is 2. The topological polar surface area (TPSA) is 148 Å². The largest absolute Gasteiger partial charge is 0.371 e. The summed E-state index contributed by atoms with van der Waals surface area (Å²) < 4.78 is 11.4. The van der Waals surface area contributed by atoms with Gasteiger partial charge in [-0.3, -0.25) is 18.9 Å². The molecule has 0 heterocycles. The van der Waals surface area contributed by atoms with Gasteiger partial charge >= 0.3 is 7.60 Å². The number of carbonyl (C=O) groups excluding carboxylic acids is 3. The van der Waals surface area contributed by atoms with E-state index in [0.29, 0.717) is 30.8 Å². The van der Waals surface area contributed by atoms with Gasteiger partial charge in [0.2, 0.25) is 17.6 Å². The predicted octanol–water partition coefficient (Wildman–Crippen LogP) is 5.78. The van der Waals surface area contributed by atoms with Gasteiger partial charge in [-0.15, -0.1) is 0 Å². The maximum atomic E-state index is 13.2. The molecule has 11 heteroatoms. The highest BCUT2D eigenvalue weighted by molar-refractivity contribution is 7.51. The standard InChI is InChI=1S/C32H49N4O6P/c1-6-11-13-23(8-3)31(38)34-28-22-30(37)29(35-32(39)24(9-4)14-12-7-2)21-27(28)33-25-15-17-26(18-16-25)36(10-5)19-20-43(40,41)42/h15-18,21-24H,6-14,19-20H2,1-5H3,(H,34,38)(H,35,39)(H2,40,41,42). The molecule has 0 saturated carbocycles. The first-order chi connectivity index (χ1) is 20.5. The Labute approximate surface area is 256 Å². The van der Waals surface area contributed by atoms with Crippen molar-refractivity contribution in [2.45, 2.75) is 86.0 Å². The van der Waals surface area contributed by atoms with E-state index >= 15 is 0 Å². The number of hydrogen-bond donors (Lipinski definition) is 4. The van der Waals surface area contributed by atoms with E-state index in [4.69, 9.17) is 4.99 Å². The lowest BCUT2D eigenvalue weighted by molar-refractivity contribution is -0.126. The molecule has 10 nitrogen and oxygen atoms in total. The monoisotopic (exact) mass is 616 g/mol. The van der Waals surface area contributed by atoms with E-state index in [2.05, 4.69) is 24.5 Å². The molecule has 43 heavy (non-hydrogen) atoms. The Hall–Kier alpha value is -3.07. The van der Waals surface area contributed by atoms with Crippen LogP contribution < -0.4 is 15.5 Å². The fourth-order valence-electron chi connectivity index (χ4n) is 4.87. The lowest BCUT2D eigenvalue weighted by Crippen LogP contribution is -2.38. The molecular formula is C32H49N4O6P. The van der Waals surface area contributed by atoms with Gasteiger partial charge in [0, 0.05) is 36.7 Å². The van der Waals surface area contributed by atoms with E-state index in [0.717, 1.165) is 44.2 Å². The summed E-state index contributed by atoms with van der Waals surface area (Å²) in [7, 11) is -4.13. The summed E-state index contributed by atoms with van der Waals surface area (Å²) >= 11 is 0. The third-order valence-electron chi connectivity index (χ3n) is 7.66. The number of unbranched alkanes of at least 4 members (excludes halogenated alkanes) is 2. The van der Waals surface area contributed by atoms with E-state index in [1.165, 1.54) is 12.2 Å². The van der Waals surface area contributed by atoms with Crippen LogP contribution in [0.1, 0.15) is 86.0 Å². The summed E-state index contributed by atoms with van der Waals surface area (Å²) in [6.45, 7) is 10.7. The van der Waals surface area contributed by atoms with Crippen molar-refractivity contribution in [3.8, 4) is 0 Å². The van der Waals surface area contributed by atoms with Crippen LogP contribution in [0.2, 0.25) is 0 Å². The molecule has 0 spiro atoms. The molecule has 0 radical (unpaired) electrons. The van der Waals surface area contributed by atoms with Crippen LogP contribution in [0.3, 0.4) is 0 Å². The number of aliphatic imine (C=N–C) groups is 1. The number of nitrogens with zero attached hydrogens (tertiary/aromatic N) is 2. The van der Waals surface area contributed by atoms with Crippen LogP contribution in [-0.4, -0.2) is 52.3 Å². The van der Waals surface area contributed by atoms with Crippen molar-refractivity contribution in [2.24, 2.45) is 16.8 Å². The Morgan fingerprint density at radius 3 is 1.86 bits per heavy atom. The van der Waals surface area contributed by atoms with Gasteiger partial charge < -0.3 is 25.3 Å². The van der Waals surface area contributed by atoms with Gasteiger partial charge in [0.05, 0.1) is 29.0 Å². The van der Waals surface area contributed by atoms with Crippen LogP contribution in [0.5, 0.6) is 0 Å². The average molecular weight is 617 g/mol. The molecule has 4 N–H and O–H groups in total. The van der Waals surface area contributed by atoms with Gasteiger partial charge in [0.1, 0.15) is 0 Å². The first-order valence-corrected chi connectivity index (χ1v) is 17.3. The van der Waals surface area contributed by atoms with Crippen molar-refractivity contribution < 1.29 is 28.7 Å². The van der Waals surface area contributed by atoms with Crippen molar-refractivity contribution in [3.63, 3.8) is 0 Å². The number of rotatable bonds is 18. The number of hydrogen-bond acceptors (Lipinski definition) is 6. The fraction of sp³-hybridized carbons (Fsp3) is 0.562. The molecule has 2 unspecified atom stereocenters. The van der Waals surface area contributed by atoms with Crippen molar-refractivity contribution >= 4 is 42.3 Å². The summed E-state index contributed by atoms with van der Waals surface area (Å²) in [6, 6.07) is 7.14. The van der Waals surface area contributed by atoms with Crippen LogP contribution in [0.25, 0.3) is 0 Å². The lowest BCUT2D eigenvalue weighted by atomic mass is 9.96. The lowest BCUT2D eigenvalue weighted by Gasteiger charge is -2.23. The maximum Gasteiger partial charge on any atom is 0.327 e. The van der Waals surface area contributed by atoms with Crippen LogP contribution in [0, 0.1) is 11.8 Å². The zero-order valence-electron chi connectivity index (χ0n) is 26.3. The van der Waals surface area contributed by atoms with E-state index in [1.807, 2.05) is 37.8 Å². The van der Waals surface area contributed by atoms with E-state index in [9.17, 15) is 28.7 Å². The van der Waals surface area contributed by atoms with Crippen molar-refractivity contribution in [3.05, 3.63) is 47.8 Å². The second-order valence-corrected chi connectivity index (χ2v) is 12.7. The highest BCUT2D eigenvalue weighted by atomic mass is 31.2. The highest BCUT2D eigenvalue weighted by Crippen LogP contribution is 2.34. The quantitative estimate of drug-likeness (QED) is 0.121. The van der Waals surface area contributed by atoms with Crippen molar-refractivity contribution in [2.75, 3.05) is 24.2 Å². The first-order valence-electron chi connectivity index (χ1n) is 15.5. The molecule has 1 aromatic rings.